The molecule has 2 fully saturated rings. The minimum Gasteiger partial charge on any atom is -0.384 e. The van der Waals surface area contributed by atoms with Crippen molar-refractivity contribution in [2.45, 2.75) is 18.9 Å². The Morgan fingerprint density at radius 1 is 1.24 bits per heavy atom. The molecule has 0 bridgehead atoms. The van der Waals surface area contributed by atoms with E-state index in [4.69, 9.17) is 5.11 Å². The molecule has 2 aliphatic rings. The Morgan fingerprint density at radius 3 is 2.81 bits per heavy atom. The summed E-state index contributed by atoms with van der Waals surface area (Å²) >= 11 is 0. The fraction of sp³-hybridized carbons (Fsp3) is 0.471. The van der Waals surface area contributed by atoms with Crippen LogP contribution in [0.15, 0.2) is 24.3 Å². The number of hydrogen-bond acceptors (Lipinski definition) is 3. The molecule has 2 heterocycles. The zero-order valence-electron chi connectivity index (χ0n) is 12.1. The molecule has 1 amide bonds. The molecular weight excluding hydrogens is 264 g/mol. The van der Waals surface area contributed by atoms with Crippen molar-refractivity contribution in [1.29, 1.82) is 0 Å². The number of hydrogen-bond donors (Lipinski definition) is 1. The largest absolute Gasteiger partial charge is 0.384 e. The van der Waals surface area contributed by atoms with Gasteiger partial charge in [-0.05, 0) is 43.7 Å². The van der Waals surface area contributed by atoms with Gasteiger partial charge in [0.05, 0.1) is 0 Å². The lowest BCUT2D eigenvalue weighted by atomic mass is 10.1. The summed E-state index contributed by atoms with van der Waals surface area (Å²) in [5.41, 5.74) is 1.54. The van der Waals surface area contributed by atoms with Crippen LogP contribution in [0.4, 0.5) is 0 Å². The highest BCUT2D eigenvalue weighted by molar-refractivity contribution is 5.94. The van der Waals surface area contributed by atoms with Crippen molar-refractivity contribution in [2.24, 2.45) is 0 Å². The van der Waals surface area contributed by atoms with Gasteiger partial charge in [0.1, 0.15) is 6.61 Å². The fourth-order valence-corrected chi connectivity index (χ4v) is 3.20. The topological polar surface area (TPSA) is 43.8 Å². The number of carbonyl (C=O) groups excluding carboxylic acids is 1. The molecule has 0 spiro atoms. The van der Waals surface area contributed by atoms with E-state index in [1.54, 1.807) is 0 Å². The number of nitrogens with zero attached hydrogens (tertiary/aromatic N) is 2. The summed E-state index contributed by atoms with van der Waals surface area (Å²) in [7, 11) is 0. The Hall–Kier alpha value is -1.83. The standard InChI is InChI=1S/C17H20N2O2/c20-12-2-3-14-5-7-15(8-6-14)17(21)19-11-10-18-9-1-4-16(18)13-19/h5-8,16,20H,1,4,9-13H2. The molecule has 1 aromatic carbocycles. The van der Waals surface area contributed by atoms with Crippen LogP contribution in [0.3, 0.4) is 0 Å². The molecule has 1 unspecified atom stereocenters. The first kappa shape index (κ1) is 14.1. The van der Waals surface area contributed by atoms with Crippen LogP contribution in [-0.2, 0) is 0 Å². The average molecular weight is 284 g/mol. The van der Waals surface area contributed by atoms with Gasteiger partial charge >= 0.3 is 0 Å². The van der Waals surface area contributed by atoms with Crippen molar-refractivity contribution in [3.05, 3.63) is 35.4 Å². The van der Waals surface area contributed by atoms with Crippen molar-refractivity contribution >= 4 is 5.91 Å². The first-order valence-electron chi connectivity index (χ1n) is 7.51. The Labute approximate surface area is 125 Å². The van der Waals surface area contributed by atoms with Crippen LogP contribution in [0.1, 0.15) is 28.8 Å². The Morgan fingerprint density at radius 2 is 2.05 bits per heavy atom. The minimum atomic E-state index is -0.146. The smallest absolute Gasteiger partial charge is 0.253 e. The average Bonchev–Trinajstić information content (AvgIpc) is 3.00. The number of rotatable bonds is 1. The molecule has 1 atom stereocenters. The molecule has 0 aromatic heterocycles. The third-order valence-electron chi connectivity index (χ3n) is 4.32. The molecule has 2 aliphatic heterocycles. The van der Waals surface area contributed by atoms with Crippen molar-refractivity contribution < 1.29 is 9.90 Å². The maximum absolute atomic E-state index is 12.5. The lowest BCUT2D eigenvalue weighted by molar-refractivity contribution is 0.0571. The SMILES string of the molecule is O=C(c1ccc(C#CCO)cc1)N1CCN2CCCC2C1. The summed E-state index contributed by atoms with van der Waals surface area (Å²) in [5, 5.41) is 8.68. The number of amides is 1. The summed E-state index contributed by atoms with van der Waals surface area (Å²) in [4.78, 5) is 17.0. The molecule has 21 heavy (non-hydrogen) atoms. The molecule has 110 valence electrons. The van der Waals surface area contributed by atoms with E-state index < -0.39 is 0 Å². The van der Waals surface area contributed by atoms with E-state index in [1.165, 1.54) is 19.4 Å². The minimum absolute atomic E-state index is 0.114. The van der Waals surface area contributed by atoms with Crippen molar-refractivity contribution in [3.63, 3.8) is 0 Å². The first-order valence-corrected chi connectivity index (χ1v) is 7.51. The van der Waals surface area contributed by atoms with Crippen LogP contribution >= 0.6 is 0 Å². The molecule has 0 saturated carbocycles. The van der Waals surface area contributed by atoms with E-state index in [-0.39, 0.29) is 12.5 Å². The molecular formula is C17H20N2O2. The summed E-state index contributed by atoms with van der Waals surface area (Å²) in [5.74, 6) is 5.56. The van der Waals surface area contributed by atoms with Crippen LogP contribution in [0.2, 0.25) is 0 Å². The number of carbonyl (C=O) groups is 1. The van der Waals surface area contributed by atoms with E-state index >= 15 is 0 Å². The normalized spacial score (nSPS) is 21.6. The van der Waals surface area contributed by atoms with Gasteiger partial charge in [-0.2, -0.15) is 0 Å². The molecule has 0 radical (unpaired) electrons. The maximum atomic E-state index is 12.5. The zero-order valence-corrected chi connectivity index (χ0v) is 12.1. The molecule has 1 aromatic rings. The molecule has 3 rings (SSSR count). The fourth-order valence-electron chi connectivity index (χ4n) is 3.20. The Bertz CT molecular complexity index is 571. The van der Waals surface area contributed by atoms with Gasteiger partial charge in [0, 0.05) is 36.8 Å². The van der Waals surface area contributed by atoms with E-state index in [2.05, 4.69) is 16.7 Å². The van der Waals surface area contributed by atoms with E-state index in [9.17, 15) is 4.79 Å². The highest BCUT2D eigenvalue weighted by Crippen LogP contribution is 2.22. The van der Waals surface area contributed by atoms with Crippen molar-refractivity contribution in [1.82, 2.24) is 9.80 Å². The van der Waals surface area contributed by atoms with Gasteiger partial charge in [-0.3, -0.25) is 9.69 Å². The quantitative estimate of drug-likeness (QED) is 0.781. The number of fused-ring (bicyclic) bond motifs is 1. The summed E-state index contributed by atoms with van der Waals surface area (Å²) in [6, 6.07) is 7.87. The predicted molar refractivity (Wildman–Crippen MR) is 80.9 cm³/mol. The number of benzene rings is 1. The third kappa shape index (κ3) is 3.10. The van der Waals surface area contributed by atoms with Crippen LogP contribution < -0.4 is 0 Å². The molecule has 2 saturated heterocycles. The van der Waals surface area contributed by atoms with Gasteiger partial charge < -0.3 is 10.0 Å². The molecule has 1 N–H and O–H groups in total. The van der Waals surface area contributed by atoms with Crippen molar-refractivity contribution in [2.75, 3.05) is 32.8 Å². The van der Waals surface area contributed by atoms with Gasteiger partial charge in [-0.15, -0.1) is 0 Å². The molecule has 0 aliphatic carbocycles. The third-order valence-corrected chi connectivity index (χ3v) is 4.32. The number of aliphatic hydroxyl groups is 1. The zero-order chi connectivity index (χ0) is 14.7. The predicted octanol–water partition coefficient (Wildman–Crippen LogP) is 0.951. The molecule has 4 heteroatoms. The van der Waals surface area contributed by atoms with Crippen LogP contribution in [-0.4, -0.2) is 59.6 Å². The van der Waals surface area contributed by atoms with Crippen LogP contribution in [0.5, 0.6) is 0 Å². The number of aliphatic hydroxyl groups excluding tert-OH is 1. The first-order chi connectivity index (χ1) is 10.3. The second-order valence-electron chi connectivity index (χ2n) is 5.62. The van der Waals surface area contributed by atoms with E-state index in [1.807, 2.05) is 29.2 Å². The van der Waals surface area contributed by atoms with Crippen LogP contribution in [0.25, 0.3) is 0 Å². The highest BCUT2D eigenvalue weighted by Gasteiger charge is 2.32. The van der Waals surface area contributed by atoms with Gasteiger partial charge in [0.25, 0.3) is 5.91 Å². The van der Waals surface area contributed by atoms with Gasteiger partial charge in [-0.25, -0.2) is 0 Å². The highest BCUT2D eigenvalue weighted by atomic mass is 16.2. The van der Waals surface area contributed by atoms with Gasteiger partial charge in [0.2, 0.25) is 0 Å². The maximum Gasteiger partial charge on any atom is 0.253 e. The van der Waals surface area contributed by atoms with E-state index in [0.717, 1.165) is 30.8 Å². The van der Waals surface area contributed by atoms with Gasteiger partial charge in [0.15, 0.2) is 0 Å². The summed E-state index contributed by atoms with van der Waals surface area (Å²) in [6.45, 7) is 3.71. The summed E-state index contributed by atoms with van der Waals surface area (Å²) in [6.07, 6.45) is 2.46. The number of piperazine rings is 1. The lowest BCUT2D eigenvalue weighted by Gasteiger charge is -2.37. The van der Waals surface area contributed by atoms with E-state index in [0.29, 0.717) is 6.04 Å². The van der Waals surface area contributed by atoms with Crippen molar-refractivity contribution in [3.8, 4) is 11.8 Å². The monoisotopic (exact) mass is 284 g/mol. The second-order valence-corrected chi connectivity index (χ2v) is 5.62. The lowest BCUT2D eigenvalue weighted by Crippen LogP contribution is -2.52. The molecule has 4 nitrogen and oxygen atoms in total. The Kier molecular flexibility index (Phi) is 4.23. The second kappa shape index (κ2) is 6.30. The Balaban J connectivity index is 1.67. The van der Waals surface area contributed by atoms with Crippen LogP contribution in [0, 0.1) is 11.8 Å². The van der Waals surface area contributed by atoms with Gasteiger partial charge in [-0.1, -0.05) is 11.8 Å². The summed E-state index contributed by atoms with van der Waals surface area (Å²) < 4.78 is 0.